The molecule has 1 N–H and O–H groups in total. The summed E-state index contributed by atoms with van der Waals surface area (Å²) in [6, 6.07) is 6.24. The number of imide groups is 1. The summed E-state index contributed by atoms with van der Waals surface area (Å²) in [5.74, 6) is -2.24. The number of nitrogens with one attached hydrogen (secondary N) is 1. The summed E-state index contributed by atoms with van der Waals surface area (Å²) in [5.41, 5.74) is -1.81. The molecule has 1 aliphatic rings. The highest BCUT2D eigenvalue weighted by molar-refractivity contribution is 6.21. The molecule has 170 valence electrons. The van der Waals surface area contributed by atoms with Crippen molar-refractivity contribution in [2.24, 2.45) is 0 Å². The predicted molar refractivity (Wildman–Crippen MR) is 110 cm³/mol. The van der Waals surface area contributed by atoms with Crippen LogP contribution in [0.3, 0.4) is 0 Å². The van der Waals surface area contributed by atoms with Crippen LogP contribution in [0.4, 0.5) is 0 Å². The zero-order valence-electron chi connectivity index (χ0n) is 18.1. The van der Waals surface area contributed by atoms with E-state index >= 15 is 0 Å². The maximum atomic E-state index is 12.7. The first kappa shape index (κ1) is 24.5. The Morgan fingerprint density at radius 3 is 1.91 bits per heavy atom. The zero-order valence-corrected chi connectivity index (χ0v) is 18.1. The fourth-order valence-electron chi connectivity index (χ4n) is 3.34. The number of carbonyl (C=O) groups is 5. The van der Waals surface area contributed by atoms with E-state index in [1.165, 1.54) is 26.0 Å². The van der Waals surface area contributed by atoms with Crippen molar-refractivity contribution in [2.75, 3.05) is 19.8 Å². The molecule has 3 amide bonds. The molecule has 0 unspecified atom stereocenters. The molecular weight excluding hydrogens is 420 g/mol. The van der Waals surface area contributed by atoms with E-state index < -0.39 is 41.6 Å². The van der Waals surface area contributed by atoms with Crippen molar-refractivity contribution in [2.45, 2.75) is 39.2 Å². The smallest absolute Gasteiger partial charge is 0.343 e. The summed E-state index contributed by atoms with van der Waals surface area (Å²) in [6.45, 7) is 3.66. The van der Waals surface area contributed by atoms with Crippen LogP contribution in [-0.2, 0) is 28.7 Å². The van der Waals surface area contributed by atoms with Gasteiger partial charge >= 0.3 is 11.9 Å². The molecule has 1 aromatic rings. The number of rotatable bonds is 10. The number of amides is 3. The summed E-state index contributed by atoms with van der Waals surface area (Å²) in [6.07, 6.45) is -0.632. The van der Waals surface area contributed by atoms with Crippen LogP contribution in [0.1, 0.15) is 54.3 Å². The molecule has 1 aliphatic heterocycles. The van der Waals surface area contributed by atoms with E-state index in [1.807, 2.05) is 0 Å². The summed E-state index contributed by atoms with van der Waals surface area (Å²) in [4.78, 5) is 74.6. The highest BCUT2D eigenvalue weighted by Crippen LogP contribution is 2.25. The van der Waals surface area contributed by atoms with E-state index in [4.69, 9.17) is 9.47 Å². The molecule has 0 saturated carbocycles. The number of hydrogen-bond donors (Lipinski definition) is 1. The molecule has 0 radical (unpaired) electrons. The number of ether oxygens (including phenoxy) is 2. The van der Waals surface area contributed by atoms with Gasteiger partial charge in [-0.2, -0.15) is 0 Å². The molecule has 1 aromatic carbocycles. The van der Waals surface area contributed by atoms with Crippen LogP contribution < -0.4 is 5.32 Å². The van der Waals surface area contributed by atoms with Crippen LogP contribution in [0.15, 0.2) is 29.8 Å². The molecule has 1 heterocycles. The third kappa shape index (κ3) is 4.92. The normalized spacial score (nSPS) is 12.7. The minimum atomic E-state index is -2.19. The Bertz CT molecular complexity index is 940. The van der Waals surface area contributed by atoms with Gasteiger partial charge in [-0.25, -0.2) is 14.4 Å². The van der Waals surface area contributed by atoms with Gasteiger partial charge in [-0.15, -0.1) is 0 Å². The van der Waals surface area contributed by atoms with Gasteiger partial charge in [0.1, 0.15) is 5.94 Å². The second-order valence-corrected chi connectivity index (χ2v) is 6.98. The lowest BCUT2D eigenvalue weighted by atomic mass is 9.90. The predicted octanol–water partition coefficient (Wildman–Crippen LogP) is 0.822. The van der Waals surface area contributed by atoms with Crippen LogP contribution in [0.5, 0.6) is 0 Å². The Balaban J connectivity index is 2.26. The SMILES string of the molecule is CCOC(=O)C(CCC(=C=O)CN1C(=O)c2ccccc2C1=O)(NC(C)=O)C(=O)OCC. The number of hydrogen-bond acceptors (Lipinski definition) is 8. The number of nitrogens with zero attached hydrogens (tertiary/aromatic N) is 1. The zero-order chi connectivity index (χ0) is 23.9. The van der Waals surface area contributed by atoms with Crippen LogP contribution in [0.25, 0.3) is 0 Å². The second-order valence-electron chi connectivity index (χ2n) is 6.98. The van der Waals surface area contributed by atoms with Gasteiger partial charge in [0.2, 0.25) is 11.4 Å². The van der Waals surface area contributed by atoms with E-state index in [1.54, 1.807) is 18.1 Å². The lowest BCUT2D eigenvalue weighted by Gasteiger charge is -2.30. The molecule has 0 atom stereocenters. The van der Waals surface area contributed by atoms with Crippen LogP contribution in [0, 0.1) is 0 Å². The highest BCUT2D eigenvalue weighted by atomic mass is 16.6. The molecule has 0 saturated heterocycles. The van der Waals surface area contributed by atoms with Crippen molar-refractivity contribution >= 4 is 35.6 Å². The fourth-order valence-corrected chi connectivity index (χ4v) is 3.34. The van der Waals surface area contributed by atoms with Gasteiger partial charge in [-0.3, -0.25) is 19.3 Å². The molecule has 0 aliphatic carbocycles. The summed E-state index contributed by atoms with van der Waals surface area (Å²) < 4.78 is 9.94. The summed E-state index contributed by atoms with van der Waals surface area (Å²) >= 11 is 0. The second kappa shape index (κ2) is 10.5. The van der Waals surface area contributed by atoms with Gasteiger partial charge in [-0.1, -0.05) is 12.1 Å². The number of benzene rings is 1. The van der Waals surface area contributed by atoms with Gasteiger partial charge in [0.25, 0.3) is 11.8 Å². The topological polar surface area (TPSA) is 136 Å². The van der Waals surface area contributed by atoms with Crippen molar-refractivity contribution in [3.8, 4) is 0 Å². The maximum Gasteiger partial charge on any atom is 0.343 e. The largest absolute Gasteiger partial charge is 0.464 e. The van der Waals surface area contributed by atoms with Crippen molar-refractivity contribution in [1.29, 1.82) is 0 Å². The lowest BCUT2D eigenvalue weighted by molar-refractivity contribution is -0.168. The average molecular weight is 444 g/mol. The maximum absolute atomic E-state index is 12.7. The minimum Gasteiger partial charge on any atom is -0.464 e. The Kier molecular flexibility index (Phi) is 8.03. The van der Waals surface area contributed by atoms with Gasteiger partial charge in [0.15, 0.2) is 0 Å². The first-order valence-corrected chi connectivity index (χ1v) is 10.0. The first-order valence-electron chi connectivity index (χ1n) is 10.0. The Morgan fingerprint density at radius 2 is 1.50 bits per heavy atom. The minimum absolute atomic E-state index is 0.0529. The standard InChI is InChI=1S/C22H24N2O8/c1-4-31-20(29)22(23-14(3)26,21(30)32-5-2)11-10-15(13-25)12-24-18(27)16-8-6-7-9-17(16)19(24)28/h6-9H,4-5,10-12H2,1-3H3,(H,23,26). The van der Waals surface area contributed by atoms with E-state index in [9.17, 15) is 28.8 Å². The van der Waals surface area contributed by atoms with E-state index in [0.717, 1.165) is 11.8 Å². The molecule has 0 bridgehead atoms. The lowest BCUT2D eigenvalue weighted by Crippen LogP contribution is -2.61. The van der Waals surface area contributed by atoms with E-state index in [0.29, 0.717) is 0 Å². The third-order valence-corrected chi connectivity index (χ3v) is 4.81. The van der Waals surface area contributed by atoms with E-state index in [-0.39, 0.29) is 42.9 Å². The molecule has 0 spiro atoms. The van der Waals surface area contributed by atoms with Crippen molar-refractivity contribution in [3.63, 3.8) is 0 Å². The molecule has 0 fully saturated rings. The third-order valence-electron chi connectivity index (χ3n) is 4.81. The van der Waals surface area contributed by atoms with Gasteiger partial charge in [0.05, 0.1) is 30.9 Å². The Morgan fingerprint density at radius 1 is 1.00 bits per heavy atom. The Hall–Kier alpha value is -3.78. The molecule has 0 aromatic heterocycles. The first-order chi connectivity index (χ1) is 15.2. The molecule has 2 rings (SSSR count). The van der Waals surface area contributed by atoms with Gasteiger partial charge < -0.3 is 14.8 Å². The fraction of sp³-hybridized carbons (Fsp3) is 0.409. The highest BCUT2D eigenvalue weighted by Gasteiger charge is 2.50. The monoisotopic (exact) mass is 444 g/mol. The molecule has 32 heavy (non-hydrogen) atoms. The molecule has 10 nitrogen and oxygen atoms in total. The number of fused-ring (bicyclic) bond motifs is 1. The van der Waals surface area contributed by atoms with Crippen LogP contribution >= 0.6 is 0 Å². The van der Waals surface area contributed by atoms with Gasteiger partial charge in [-0.05, 0) is 38.8 Å². The number of esters is 2. The molecule has 10 heteroatoms. The van der Waals surface area contributed by atoms with Crippen molar-refractivity contribution in [3.05, 3.63) is 41.0 Å². The summed E-state index contributed by atoms with van der Waals surface area (Å²) in [7, 11) is 0. The van der Waals surface area contributed by atoms with Crippen molar-refractivity contribution < 1.29 is 38.2 Å². The van der Waals surface area contributed by atoms with Gasteiger partial charge in [0, 0.05) is 12.5 Å². The molecular formula is C22H24N2O8. The van der Waals surface area contributed by atoms with Crippen LogP contribution in [0.2, 0.25) is 0 Å². The van der Waals surface area contributed by atoms with Crippen molar-refractivity contribution in [1.82, 2.24) is 10.2 Å². The van der Waals surface area contributed by atoms with E-state index in [2.05, 4.69) is 5.32 Å². The summed E-state index contributed by atoms with van der Waals surface area (Å²) in [5, 5.41) is 2.29. The van der Waals surface area contributed by atoms with Crippen LogP contribution in [-0.4, -0.2) is 65.8 Å². The average Bonchev–Trinajstić information content (AvgIpc) is 3.00. The Labute approximate surface area is 184 Å². The quantitative estimate of drug-likeness (QED) is 0.242. The number of carbonyl (C=O) groups excluding carboxylic acids is 6.